The van der Waals surface area contributed by atoms with Crippen LogP contribution in [0.3, 0.4) is 0 Å². The summed E-state index contributed by atoms with van der Waals surface area (Å²) in [6.45, 7) is 9.69. The zero-order chi connectivity index (χ0) is 15.9. The molecule has 4 nitrogen and oxygen atoms in total. The van der Waals surface area contributed by atoms with Crippen LogP contribution in [0.4, 0.5) is 0 Å². The predicted molar refractivity (Wildman–Crippen MR) is 88.1 cm³/mol. The average Bonchev–Trinajstić information content (AvgIpc) is 2.46. The predicted octanol–water partition coefficient (Wildman–Crippen LogP) is 3.04. The van der Waals surface area contributed by atoms with Crippen molar-refractivity contribution in [1.82, 2.24) is 9.62 Å². The molecule has 118 valence electrons. The van der Waals surface area contributed by atoms with Crippen molar-refractivity contribution in [3.63, 3.8) is 0 Å². The van der Waals surface area contributed by atoms with E-state index in [0.29, 0.717) is 18.1 Å². The van der Waals surface area contributed by atoms with Crippen LogP contribution in [-0.2, 0) is 16.6 Å². The molecule has 1 rings (SSSR count). The topological polar surface area (TPSA) is 49.4 Å². The van der Waals surface area contributed by atoms with Gasteiger partial charge in [0, 0.05) is 24.7 Å². The van der Waals surface area contributed by atoms with Gasteiger partial charge in [0.05, 0.1) is 4.90 Å². The Morgan fingerprint density at radius 3 is 2.62 bits per heavy atom. The number of sulfonamides is 1. The van der Waals surface area contributed by atoms with Crippen LogP contribution in [0.1, 0.15) is 25.8 Å². The van der Waals surface area contributed by atoms with Gasteiger partial charge in [-0.25, -0.2) is 8.42 Å². The highest BCUT2D eigenvalue weighted by atomic mass is 35.5. The van der Waals surface area contributed by atoms with Crippen LogP contribution < -0.4 is 5.32 Å². The van der Waals surface area contributed by atoms with E-state index in [-0.39, 0.29) is 11.4 Å². The maximum Gasteiger partial charge on any atom is 0.243 e. The van der Waals surface area contributed by atoms with E-state index < -0.39 is 10.0 Å². The summed E-state index contributed by atoms with van der Waals surface area (Å²) in [4.78, 5) is 0.218. The molecular formula is C15H23ClN2O2S. The molecule has 0 atom stereocenters. The van der Waals surface area contributed by atoms with E-state index in [9.17, 15) is 8.42 Å². The molecule has 0 amide bonds. The number of likely N-dealkylation sites (N-methyl/N-ethyl adjacent to an activating group) is 1. The van der Waals surface area contributed by atoms with Crippen LogP contribution >= 0.6 is 11.6 Å². The summed E-state index contributed by atoms with van der Waals surface area (Å²) < 4.78 is 26.3. The van der Waals surface area contributed by atoms with Gasteiger partial charge in [-0.15, -0.1) is 6.58 Å². The minimum Gasteiger partial charge on any atom is -0.313 e. The molecule has 0 fully saturated rings. The molecule has 0 heterocycles. The lowest BCUT2D eigenvalue weighted by Gasteiger charge is -2.19. The molecule has 1 aromatic rings. The van der Waals surface area contributed by atoms with E-state index in [1.807, 2.05) is 0 Å². The van der Waals surface area contributed by atoms with Crippen LogP contribution in [-0.4, -0.2) is 32.4 Å². The summed E-state index contributed by atoms with van der Waals surface area (Å²) >= 11 is 6.20. The number of rotatable bonds is 9. The van der Waals surface area contributed by atoms with Crippen molar-refractivity contribution in [1.29, 1.82) is 0 Å². The SMILES string of the molecule is C=CCN(CC)S(=O)(=O)c1ccc(CNCCC)c(Cl)c1. The van der Waals surface area contributed by atoms with Gasteiger partial charge in [-0.05, 0) is 30.7 Å². The normalized spacial score (nSPS) is 11.8. The zero-order valence-corrected chi connectivity index (χ0v) is 14.2. The summed E-state index contributed by atoms with van der Waals surface area (Å²) in [5.74, 6) is 0. The Morgan fingerprint density at radius 2 is 2.10 bits per heavy atom. The molecule has 0 radical (unpaired) electrons. The number of halogens is 1. The second-order valence-corrected chi connectivity index (χ2v) is 7.02. The highest BCUT2D eigenvalue weighted by Gasteiger charge is 2.22. The third kappa shape index (κ3) is 4.81. The molecule has 6 heteroatoms. The third-order valence-electron chi connectivity index (χ3n) is 3.09. The first-order valence-electron chi connectivity index (χ1n) is 7.07. The molecule has 1 N–H and O–H groups in total. The molecular weight excluding hydrogens is 308 g/mol. The van der Waals surface area contributed by atoms with Crippen molar-refractivity contribution < 1.29 is 8.42 Å². The van der Waals surface area contributed by atoms with Crippen LogP contribution in [0.25, 0.3) is 0 Å². The molecule has 0 unspecified atom stereocenters. The first-order chi connectivity index (χ1) is 9.97. The highest BCUT2D eigenvalue weighted by Crippen LogP contribution is 2.23. The number of hydrogen-bond donors (Lipinski definition) is 1. The van der Waals surface area contributed by atoms with Crippen LogP contribution in [0, 0.1) is 0 Å². The van der Waals surface area contributed by atoms with E-state index in [1.165, 1.54) is 10.4 Å². The van der Waals surface area contributed by atoms with Gasteiger partial charge in [-0.3, -0.25) is 0 Å². The maximum absolute atomic E-state index is 12.5. The van der Waals surface area contributed by atoms with Crippen molar-refractivity contribution in [2.75, 3.05) is 19.6 Å². The van der Waals surface area contributed by atoms with Crippen molar-refractivity contribution in [3.05, 3.63) is 41.4 Å². The maximum atomic E-state index is 12.5. The van der Waals surface area contributed by atoms with E-state index in [2.05, 4.69) is 18.8 Å². The number of nitrogens with one attached hydrogen (secondary N) is 1. The van der Waals surface area contributed by atoms with E-state index in [1.54, 1.807) is 25.1 Å². The first-order valence-corrected chi connectivity index (χ1v) is 8.89. The summed E-state index contributed by atoms with van der Waals surface area (Å²) in [5, 5.41) is 3.71. The smallest absolute Gasteiger partial charge is 0.243 e. The Hall–Kier alpha value is -0.880. The van der Waals surface area contributed by atoms with Crippen molar-refractivity contribution in [3.8, 4) is 0 Å². The Balaban J connectivity index is 2.99. The van der Waals surface area contributed by atoms with E-state index in [4.69, 9.17) is 11.6 Å². The molecule has 0 saturated carbocycles. The Morgan fingerprint density at radius 1 is 1.38 bits per heavy atom. The van der Waals surface area contributed by atoms with Gasteiger partial charge in [0.25, 0.3) is 0 Å². The van der Waals surface area contributed by atoms with Crippen molar-refractivity contribution in [2.45, 2.75) is 31.7 Å². The molecule has 1 aromatic carbocycles. The fraction of sp³-hybridized carbons (Fsp3) is 0.467. The monoisotopic (exact) mass is 330 g/mol. The molecule has 0 bridgehead atoms. The highest BCUT2D eigenvalue weighted by molar-refractivity contribution is 7.89. The van der Waals surface area contributed by atoms with Crippen LogP contribution in [0.5, 0.6) is 0 Å². The quantitative estimate of drug-likeness (QED) is 0.559. The van der Waals surface area contributed by atoms with Gasteiger partial charge in [0.15, 0.2) is 0 Å². The summed E-state index contributed by atoms with van der Waals surface area (Å²) in [6.07, 6.45) is 2.61. The third-order valence-corrected chi connectivity index (χ3v) is 5.38. The van der Waals surface area contributed by atoms with Gasteiger partial charge in [-0.1, -0.05) is 37.6 Å². The molecule has 0 aromatic heterocycles. The molecule has 0 spiro atoms. The summed E-state index contributed by atoms with van der Waals surface area (Å²) in [7, 11) is -3.52. The van der Waals surface area contributed by atoms with Gasteiger partial charge in [0.2, 0.25) is 10.0 Å². The van der Waals surface area contributed by atoms with E-state index >= 15 is 0 Å². The molecule has 0 aliphatic carbocycles. The zero-order valence-electron chi connectivity index (χ0n) is 12.6. The van der Waals surface area contributed by atoms with E-state index in [0.717, 1.165) is 18.5 Å². The molecule has 0 aliphatic rings. The number of benzene rings is 1. The largest absolute Gasteiger partial charge is 0.313 e. The van der Waals surface area contributed by atoms with Gasteiger partial charge >= 0.3 is 0 Å². The second kappa shape index (κ2) is 8.54. The molecule has 0 saturated heterocycles. The Labute approximate surface area is 132 Å². The lowest BCUT2D eigenvalue weighted by molar-refractivity contribution is 0.460. The number of nitrogens with zero attached hydrogens (tertiary/aromatic N) is 1. The second-order valence-electron chi connectivity index (χ2n) is 4.67. The lowest BCUT2D eigenvalue weighted by atomic mass is 10.2. The standard InChI is InChI=1S/C15H23ClN2O2S/c1-4-9-17-12-13-7-8-14(11-15(13)16)21(19,20)18(6-3)10-5-2/h5,7-8,11,17H,2,4,6,9-10,12H2,1,3H3. The molecule has 0 aliphatic heterocycles. The number of hydrogen-bond acceptors (Lipinski definition) is 3. The minimum absolute atomic E-state index is 0.218. The Kier molecular flexibility index (Phi) is 7.39. The minimum atomic E-state index is -3.52. The van der Waals surface area contributed by atoms with Crippen LogP contribution in [0.2, 0.25) is 5.02 Å². The van der Waals surface area contributed by atoms with Crippen LogP contribution in [0.15, 0.2) is 35.7 Å². The Bertz CT molecular complexity index is 573. The van der Waals surface area contributed by atoms with Gasteiger partial charge in [-0.2, -0.15) is 4.31 Å². The van der Waals surface area contributed by atoms with Crippen molar-refractivity contribution in [2.24, 2.45) is 0 Å². The average molecular weight is 331 g/mol. The fourth-order valence-electron chi connectivity index (χ4n) is 1.92. The summed E-state index contributed by atoms with van der Waals surface area (Å²) in [6, 6.07) is 4.89. The lowest BCUT2D eigenvalue weighted by Crippen LogP contribution is -2.31. The molecule has 21 heavy (non-hydrogen) atoms. The summed E-state index contributed by atoms with van der Waals surface area (Å²) in [5.41, 5.74) is 0.899. The fourth-order valence-corrected chi connectivity index (χ4v) is 3.68. The van der Waals surface area contributed by atoms with Gasteiger partial charge in [0.1, 0.15) is 0 Å². The van der Waals surface area contributed by atoms with Gasteiger partial charge < -0.3 is 5.32 Å². The van der Waals surface area contributed by atoms with Crippen molar-refractivity contribution >= 4 is 21.6 Å². The first kappa shape index (κ1) is 18.2.